The van der Waals surface area contributed by atoms with E-state index in [2.05, 4.69) is 15.0 Å². The molecule has 0 saturated carbocycles. The maximum Gasteiger partial charge on any atom is 0.270 e. The highest BCUT2D eigenvalue weighted by molar-refractivity contribution is 5.93. The predicted octanol–water partition coefficient (Wildman–Crippen LogP) is 4.00. The maximum absolute atomic E-state index is 13.0. The molecule has 0 spiro atoms. The van der Waals surface area contributed by atoms with Crippen LogP contribution in [-0.2, 0) is 0 Å². The topological polar surface area (TPSA) is 64.8 Å². The van der Waals surface area contributed by atoms with E-state index >= 15 is 0 Å². The molecule has 1 saturated heterocycles. The number of imidazole rings is 1. The first-order chi connectivity index (χ1) is 12.1. The summed E-state index contributed by atoms with van der Waals surface area (Å²) in [6.07, 6.45) is 1.95. The second-order valence-corrected chi connectivity index (χ2v) is 6.64. The lowest BCUT2D eigenvalue weighted by Crippen LogP contribution is -2.31. The van der Waals surface area contributed by atoms with Crippen LogP contribution in [0.15, 0.2) is 42.5 Å². The molecule has 1 fully saturated rings. The van der Waals surface area contributed by atoms with Crippen LogP contribution >= 0.6 is 0 Å². The Kier molecular flexibility index (Phi) is 3.92. The highest BCUT2D eigenvalue weighted by atomic mass is 16.2. The van der Waals surface area contributed by atoms with Crippen molar-refractivity contribution in [1.29, 1.82) is 0 Å². The summed E-state index contributed by atoms with van der Waals surface area (Å²) in [7, 11) is 0. The summed E-state index contributed by atoms with van der Waals surface area (Å²) in [6.45, 7) is 4.78. The van der Waals surface area contributed by atoms with E-state index < -0.39 is 0 Å². The van der Waals surface area contributed by atoms with Crippen molar-refractivity contribution in [2.75, 3.05) is 6.54 Å². The molecular formula is C20H22N4O. The Morgan fingerprint density at radius 3 is 2.64 bits per heavy atom. The number of hydrogen-bond acceptors (Lipinski definition) is 2. The van der Waals surface area contributed by atoms with Gasteiger partial charge in [-0.3, -0.25) is 4.79 Å². The van der Waals surface area contributed by atoms with Crippen molar-refractivity contribution in [2.45, 2.75) is 32.7 Å². The number of nitrogens with one attached hydrogen (secondary N) is 2. The quantitative estimate of drug-likeness (QED) is 0.760. The lowest BCUT2D eigenvalue weighted by Gasteiger charge is -2.22. The van der Waals surface area contributed by atoms with Crippen LogP contribution in [0.4, 0.5) is 0 Å². The maximum atomic E-state index is 13.0. The Morgan fingerprint density at radius 2 is 1.92 bits per heavy atom. The number of aromatic nitrogens is 3. The number of likely N-dealkylation sites (tertiary alicyclic amines) is 1. The molecule has 1 aromatic carbocycles. The first-order valence-electron chi connectivity index (χ1n) is 8.72. The van der Waals surface area contributed by atoms with Gasteiger partial charge in [0.05, 0.1) is 11.7 Å². The Labute approximate surface area is 147 Å². The Morgan fingerprint density at radius 1 is 1.12 bits per heavy atom. The van der Waals surface area contributed by atoms with Crippen LogP contribution < -0.4 is 0 Å². The van der Waals surface area contributed by atoms with Gasteiger partial charge in [0.15, 0.2) is 0 Å². The summed E-state index contributed by atoms with van der Waals surface area (Å²) in [5, 5.41) is 0. The molecule has 1 amide bonds. The molecule has 25 heavy (non-hydrogen) atoms. The number of aryl methyl sites for hydroxylation is 2. The average molecular weight is 334 g/mol. The summed E-state index contributed by atoms with van der Waals surface area (Å²) in [5.74, 6) is 0.937. The van der Waals surface area contributed by atoms with Crippen molar-refractivity contribution in [3.8, 4) is 11.3 Å². The summed E-state index contributed by atoms with van der Waals surface area (Å²) in [4.78, 5) is 26.2. The minimum Gasteiger partial charge on any atom is -0.351 e. The van der Waals surface area contributed by atoms with Crippen molar-refractivity contribution < 1.29 is 4.79 Å². The van der Waals surface area contributed by atoms with Crippen LogP contribution in [0.3, 0.4) is 0 Å². The van der Waals surface area contributed by atoms with Gasteiger partial charge in [-0.25, -0.2) is 4.98 Å². The van der Waals surface area contributed by atoms with Crippen molar-refractivity contribution in [1.82, 2.24) is 19.9 Å². The third kappa shape index (κ3) is 2.86. The van der Waals surface area contributed by atoms with Crippen LogP contribution in [0.25, 0.3) is 11.3 Å². The molecule has 1 aliphatic rings. The van der Waals surface area contributed by atoms with E-state index in [1.54, 1.807) is 0 Å². The number of H-pyrrole nitrogens is 2. The molecular weight excluding hydrogens is 312 g/mol. The van der Waals surface area contributed by atoms with Gasteiger partial charge in [-0.1, -0.05) is 30.3 Å². The van der Waals surface area contributed by atoms with Crippen molar-refractivity contribution in [3.05, 3.63) is 65.4 Å². The third-order valence-electron chi connectivity index (χ3n) is 4.98. The van der Waals surface area contributed by atoms with Gasteiger partial charge in [-0.05, 0) is 44.4 Å². The Balaban J connectivity index is 1.59. The van der Waals surface area contributed by atoms with Gasteiger partial charge >= 0.3 is 0 Å². The van der Waals surface area contributed by atoms with E-state index in [1.807, 2.05) is 61.2 Å². The summed E-state index contributed by atoms with van der Waals surface area (Å²) in [5.41, 5.74) is 4.74. The number of carbonyl (C=O) groups is 1. The molecule has 0 bridgehead atoms. The molecule has 3 heterocycles. The lowest BCUT2D eigenvalue weighted by atomic mass is 10.2. The zero-order chi connectivity index (χ0) is 17.4. The number of amides is 1. The van der Waals surface area contributed by atoms with E-state index in [9.17, 15) is 4.79 Å². The van der Waals surface area contributed by atoms with Gasteiger partial charge in [0.1, 0.15) is 11.5 Å². The molecule has 5 nitrogen and oxygen atoms in total. The molecule has 0 aliphatic carbocycles. The van der Waals surface area contributed by atoms with Crippen LogP contribution in [0.2, 0.25) is 0 Å². The van der Waals surface area contributed by atoms with Gasteiger partial charge < -0.3 is 14.9 Å². The van der Waals surface area contributed by atoms with Crippen molar-refractivity contribution >= 4 is 5.91 Å². The van der Waals surface area contributed by atoms with Gasteiger partial charge in [0.2, 0.25) is 0 Å². The largest absolute Gasteiger partial charge is 0.351 e. The van der Waals surface area contributed by atoms with Crippen LogP contribution in [0.1, 0.15) is 46.6 Å². The standard InChI is InChI=1S/C20H22N4O/c1-13-14(2)22-19(21-13)18-9-6-12-24(18)20(25)17-11-10-16(23-17)15-7-4-3-5-8-15/h3-5,7-8,10-11,18,23H,6,9,12H2,1-2H3,(H,21,22). The van der Waals surface area contributed by atoms with Crippen LogP contribution in [0, 0.1) is 13.8 Å². The zero-order valence-electron chi connectivity index (χ0n) is 14.5. The van der Waals surface area contributed by atoms with Gasteiger partial charge in [-0.15, -0.1) is 0 Å². The van der Waals surface area contributed by atoms with E-state index in [1.165, 1.54) is 0 Å². The summed E-state index contributed by atoms with van der Waals surface area (Å²) < 4.78 is 0. The van der Waals surface area contributed by atoms with E-state index in [-0.39, 0.29) is 11.9 Å². The average Bonchev–Trinajstić information content (AvgIpc) is 3.35. The van der Waals surface area contributed by atoms with Gasteiger partial charge in [-0.2, -0.15) is 0 Å². The molecule has 2 N–H and O–H groups in total. The number of rotatable bonds is 3. The van der Waals surface area contributed by atoms with E-state index in [4.69, 9.17) is 0 Å². The molecule has 128 valence electrons. The minimum atomic E-state index is 0.0309. The van der Waals surface area contributed by atoms with Gasteiger partial charge in [0, 0.05) is 17.9 Å². The Hall–Kier alpha value is -2.82. The number of hydrogen-bond donors (Lipinski definition) is 2. The van der Waals surface area contributed by atoms with Crippen LogP contribution in [-0.4, -0.2) is 32.3 Å². The monoisotopic (exact) mass is 334 g/mol. The first-order valence-corrected chi connectivity index (χ1v) is 8.72. The van der Waals surface area contributed by atoms with Crippen molar-refractivity contribution in [3.63, 3.8) is 0 Å². The number of aromatic amines is 2. The SMILES string of the molecule is Cc1nc(C2CCCN2C(=O)c2ccc(-c3ccccc3)[nH]2)[nH]c1C. The highest BCUT2D eigenvalue weighted by Crippen LogP contribution is 2.32. The molecule has 2 aromatic heterocycles. The molecule has 1 unspecified atom stereocenters. The van der Waals surface area contributed by atoms with E-state index in [0.717, 1.165) is 47.9 Å². The smallest absolute Gasteiger partial charge is 0.270 e. The first kappa shape index (κ1) is 15.7. The summed E-state index contributed by atoms with van der Waals surface area (Å²) in [6, 6.07) is 13.9. The fourth-order valence-electron chi connectivity index (χ4n) is 3.49. The normalized spacial score (nSPS) is 17.2. The second kappa shape index (κ2) is 6.24. The molecule has 4 rings (SSSR count). The second-order valence-electron chi connectivity index (χ2n) is 6.64. The Bertz CT molecular complexity index is 874. The molecule has 1 aliphatic heterocycles. The number of carbonyl (C=O) groups excluding carboxylic acids is 1. The lowest BCUT2D eigenvalue weighted by molar-refractivity contribution is 0.0725. The number of benzene rings is 1. The molecule has 3 aromatic rings. The summed E-state index contributed by atoms with van der Waals surface area (Å²) >= 11 is 0. The van der Waals surface area contributed by atoms with Gasteiger partial charge in [0.25, 0.3) is 5.91 Å². The van der Waals surface area contributed by atoms with Crippen molar-refractivity contribution in [2.24, 2.45) is 0 Å². The molecule has 1 atom stereocenters. The third-order valence-corrected chi connectivity index (χ3v) is 4.98. The predicted molar refractivity (Wildman–Crippen MR) is 97.3 cm³/mol. The van der Waals surface area contributed by atoms with Crippen LogP contribution in [0.5, 0.6) is 0 Å². The van der Waals surface area contributed by atoms with E-state index in [0.29, 0.717) is 5.69 Å². The highest BCUT2D eigenvalue weighted by Gasteiger charge is 2.33. The fourth-order valence-corrected chi connectivity index (χ4v) is 3.49. The minimum absolute atomic E-state index is 0.0309. The fraction of sp³-hybridized carbons (Fsp3) is 0.300. The zero-order valence-corrected chi connectivity index (χ0v) is 14.5. The number of nitrogens with zero attached hydrogens (tertiary/aromatic N) is 2. The molecule has 0 radical (unpaired) electrons. The molecule has 5 heteroatoms.